The summed E-state index contributed by atoms with van der Waals surface area (Å²) in [5.74, 6) is 0. The lowest BCUT2D eigenvalue weighted by Gasteiger charge is -1.97. The van der Waals surface area contributed by atoms with E-state index >= 15 is 0 Å². The third-order valence-electron chi connectivity index (χ3n) is 2.14. The second-order valence-electron chi connectivity index (χ2n) is 3.15. The number of H-pyrrole nitrogens is 1. The first-order valence-electron chi connectivity index (χ1n) is 4.45. The molecule has 15 heavy (non-hydrogen) atoms. The fourth-order valence-corrected chi connectivity index (χ4v) is 1.67. The number of aliphatic hydroxyl groups is 1. The van der Waals surface area contributed by atoms with E-state index in [1.54, 1.807) is 0 Å². The molecule has 0 aliphatic heterocycles. The molecule has 0 radical (unpaired) electrons. The minimum absolute atomic E-state index is 0.239. The molecule has 1 aromatic heterocycles. The first-order chi connectivity index (χ1) is 7.22. The molecule has 1 heterocycles. The monoisotopic (exact) mass is 241 g/mol. The Labute approximate surface area is 97.1 Å². The number of rotatable bonds is 2. The topological polar surface area (TPSA) is 36.0 Å². The van der Waals surface area contributed by atoms with Gasteiger partial charge in [0.2, 0.25) is 0 Å². The molecule has 0 saturated carbocycles. The van der Waals surface area contributed by atoms with Crippen molar-refractivity contribution in [2.45, 2.75) is 0 Å². The van der Waals surface area contributed by atoms with E-state index in [4.69, 9.17) is 28.3 Å². The second kappa shape index (κ2) is 4.27. The van der Waals surface area contributed by atoms with Gasteiger partial charge in [-0.05, 0) is 12.1 Å². The summed E-state index contributed by atoms with van der Waals surface area (Å²) in [4.78, 5) is 3.13. The van der Waals surface area contributed by atoms with Gasteiger partial charge in [-0.3, -0.25) is 0 Å². The van der Waals surface area contributed by atoms with Crippen molar-refractivity contribution in [1.29, 1.82) is 0 Å². The molecule has 0 aliphatic rings. The molecule has 0 atom stereocenters. The summed E-state index contributed by atoms with van der Waals surface area (Å²) in [6.07, 6.45) is 0. The number of benzene rings is 1. The summed E-state index contributed by atoms with van der Waals surface area (Å²) in [6.45, 7) is -0.254. The zero-order chi connectivity index (χ0) is 10.8. The maximum absolute atomic E-state index is 8.85. The van der Waals surface area contributed by atoms with Crippen molar-refractivity contribution in [1.82, 2.24) is 4.98 Å². The van der Waals surface area contributed by atoms with E-state index < -0.39 is 0 Å². The summed E-state index contributed by atoms with van der Waals surface area (Å²) in [6, 6.07) is 9.72. The minimum atomic E-state index is -0.254. The van der Waals surface area contributed by atoms with Crippen LogP contribution < -0.4 is 0 Å². The molecule has 0 aliphatic carbocycles. The quantitative estimate of drug-likeness (QED) is 0.832. The summed E-state index contributed by atoms with van der Waals surface area (Å²) in [5, 5.41) is 10.5. The molecule has 1 aromatic carbocycles. The van der Waals surface area contributed by atoms with Crippen molar-refractivity contribution < 1.29 is 5.11 Å². The van der Waals surface area contributed by atoms with Crippen LogP contribution in [0.15, 0.2) is 35.4 Å². The number of halogens is 2. The fourth-order valence-electron chi connectivity index (χ4n) is 1.41. The fraction of sp³-hybridized carbons (Fsp3) is 0.0909. The van der Waals surface area contributed by atoms with E-state index in [2.05, 4.69) is 4.98 Å². The van der Waals surface area contributed by atoms with Crippen molar-refractivity contribution in [2.75, 3.05) is 6.61 Å². The van der Waals surface area contributed by atoms with Gasteiger partial charge in [-0.15, -0.1) is 0 Å². The highest BCUT2D eigenvalue weighted by Crippen LogP contribution is 2.27. The van der Waals surface area contributed by atoms with Crippen LogP contribution in [0.5, 0.6) is 0 Å². The van der Waals surface area contributed by atoms with Gasteiger partial charge in [0, 0.05) is 10.9 Å². The van der Waals surface area contributed by atoms with Crippen LogP contribution in [0.3, 0.4) is 0 Å². The van der Waals surface area contributed by atoms with Crippen molar-refractivity contribution in [3.8, 4) is 0 Å². The lowest BCUT2D eigenvalue weighted by Crippen LogP contribution is -1.85. The van der Waals surface area contributed by atoms with Crippen molar-refractivity contribution >= 4 is 39.1 Å². The van der Waals surface area contributed by atoms with Crippen LogP contribution in [0.2, 0.25) is 0 Å². The first-order valence-corrected chi connectivity index (χ1v) is 5.21. The van der Waals surface area contributed by atoms with Gasteiger partial charge in [0.1, 0.15) is 0 Å². The number of para-hydroxylation sites is 1. The molecule has 2 N–H and O–H groups in total. The molecule has 2 aromatic rings. The zero-order valence-electron chi connectivity index (χ0n) is 7.80. The highest BCUT2D eigenvalue weighted by atomic mass is 35.5. The summed E-state index contributed by atoms with van der Waals surface area (Å²) in [7, 11) is 0. The van der Waals surface area contributed by atoms with Crippen LogP contribution in [0, 0.1) is 0 Å². The average molecular weight is 242 g/mol. The van der Waals surface area contributed by atoms with E-state index in [9.17, 15) is 0 Å². The Bertz CT molecular complexity index is 483. The van der Waals surface area contributed by atoms with E-state index in [0.29, 0.717) is 5.03 Å². The average Bonchev–Trinajstić information content (AvgIpc) is 2.70. The van der Waals surface area contributed by atoms with Crippen molar-refractivity contribution in [3.05, 3.63) is 41.1 Å². The summed E-state index contributed by atoms with van der Waals surface area (Å²) >= 11 is 11.7. The number of aliphatic hydroxyl groups excluding tert-OH is 1. The Morgan fingerprint density at radius 1 is 1.27 bits per heavy atom. The number of hydrogen-bond acceptors (Lipinski definition) is 1. The lowest BCUT2D eigenvalue weighted by atomic mass is 10.2. The van der Waals surface area contributed by atoms with Gasteiger partial charge < -0.3 is 10.1 Å². The highest BCUT2D eigenvalue weighted by molar-refractivity contribution is 6.54. The van der Waals surface area contributed by atoms with Crippen LogP contribution in [0.1, 0.15) is 5.69 Å². The molecule has 2 rings (SSSR count). The predicted molar refractivity (Wildman–Crippen MR) is 64.0 cm³/mol. The van der Waals surface area contributed by atoms with Gasteiger partial charge in [0.15, 0.2) is 0 Å². The number of fused-ring (bicyclic) bond motifs is 1. The predicted octanol–water partition coefficient (Wildman–Crippen LogP) is 3.31. The largest absolute Gasteiger partial charge is 0.391 e. The summed E-state index contributed by atoms with van der Waals surface area (Å²) < 4.78 is 0. The molecule has 0 bridgehead atoms. The zero-order valence-corrected chi connectivity index (χ0v) is 9.31. The van der Waals surface area contributed by atoms with E-state index in [-0.39, 0.29) is 11.6 Å². The third kappa shape index (κ3) is 2.02. The Morgan fingerprint density at radius 2 is 2.00 bits per heavy atom. The van der Waals surface area contributed by atoms with E-state index in [1.807, 2.05) is 30.3 Å². The van der Waals surface area contributed by atoms with Crippen LogP contribution in [-0.4, -0.2) is 16.7 Å². The number of nitrogens with one attached hydrogen (secondary N) is 1. The Hall–Kier alpha value is -0.960. The summed E-state index contributed by atoms with van der Waals surface area (Å²) in [5.41, 5.74) is 1.71. The van der Waals surface area contributed by atoms with Crippen LogP contribution in [-0.2, 0) is 0 Å². The van der Waals surface area contributed by atoms with Gasteiger partial charge in [0.25, 0.3) is 0 Å². The molecule has 0 fully saturated rings. The maximum atomic E-state index is 8.85. The maximum Gasteiger partial charge on any atom is 0.0809 e. The van der Waals surface area contributed by atoms with Gasteiger partial charge in [-0.2, -0.15) is 0 Å². The van der Waals surface area contributed by atoms with Crippen molar-refractivity contribution in [2.24, 2.45) is 0 Å². The molecular formula is C11H9Cl2NO. The van der Waals surface area contributed by atoms with E-state index in [0.717, 1.165) is 16.6 Å². The molecule has 0 spiro atoms. The van der Waals surface area contributed by atoms with Gasteiger partial charge in [-0.25, -0.2) is 0 Å². The molecule has 0 saturated heterocycles. The normalized spacial score (nSPS) is 13.0. The number of hydrogen-bond donors (Lipinski definition) is 2. The van der Waals surface area contributed by atoms with Crippen LogP contribution in [0.4, 0.5) is 0 Å². The molecule has 0 amide bonds. The van der Waals surface area contributed by atoms with Gasteiger partial charge in [-0.1, -0.05) is 41.4 Å². The van der Waals surface area contributed by atoms with Gasteiger partial charge in [0.05, 0.1) is 22.4 Å². The second-order valence-corrected chi connectivity index (χ2v) is 3.98. The molecule has 0 unspecified atom stereocenters. The third-order valence-corrected chi connectivity index (χ3v) is 2.98. The van der Waals surface area contributed by atoms with E-state index in [1.165, 1.54) is 0 Å². The number of aromatic nitrogens is 1. The molecule has 78 valence electrons. The number of aromatic amines is 1. The molecule has 2 nitrogen and oxygen atoms in total. The van der Waals surface area contributed by atoms with Gasteiger partial charge >= 0.3 is 0 Å². The first kappa shape index (κ1) is 10.6. The molecule has 4 heteroatoms. The Morgan fingerprint density at radius 3 is 2.67 bits per heavy atom. The highest BCUT2D eigenvalue weighted by Gasteiger charge is 2.07. The Balaban J connectivity index is 2.54. The lowest BCUT2D eigenvalue weighted by molar-refractivity contribution is 0.339. The minimum Gasteiger partial charge on any atom is -0.391 e. The SMILES string of the molecule is OC/C(Cl)=C(/Cl)c1cc2ccccc2[nH]1. The molecular weight excluding hydrogens is 233 g/mol. The van der Waals surface area contributed by atoms with Crippen LogP contribution >= 0.6 is 23.2 Å². The van der Waals surface area contributed by atoms with Crippen molar-refractivity contribution in [3.63, 3.8) is 0 Å². The Kier molecular flexibility index (Phi) is 3.00. The smallest absolute Gasteiger partial charge is 0.0809 e. The van der Waals surface area contributed by atoms with Crippen LogP contribution in [0.25, 0.3) is 15.9 Å². The standard InChI is InChI=1S/C11H9Cl2NO/c12-8(6-15)11(13)10-5-7-3-1-2-4-9(7)14-10/h1-5,14-15H,6H2/b11-8-.